The van der Waals surface area contributed by atoms with Crippen LogP contribution in [0.1, 0.15) is 48.4 Å². The number of aromatic nitrogens is 1. The summed E-state index contributed by atoms with van der Waals surface area (Å²) in [4.78, 5) is 40.4. The standard InChI is InChI=1S/C23H28N4O4/c1-15(28)25-8-6-18(7-9-25)26-12-16-11-17(14-26)22-19(4-5-21(29)27(22)13-16)24-23(30)20-3-2-10-31-20/h2-5,10,16-18H,6-9,11-14H2,1H3,(H,24,30)/p+1/t16-,17+/m0/s1. The van der Waals surface area contributed by atoms with Crippen molar-refractivity contribution in [1.82, 2.24) is 9.47 Å². The molecule has 5 heterocycles. The summed E-state index contributed by atoms with van der Waals surface area (Å²) in [6.45, 7) is 6.03. The number of anilines is 1. The van der Waals surface area contributed by atoms with Gasteiger partial charge in [0.1, 0.15) is 0 Å². The van der Waals surface area contributed by atoms with Crippen LogP contribution < -0.4 is 15.8 Å². The van der Waals surface area contributed by atoms with E-state index in [0.717, 1.165) is 51.1 Å². The van der Waals surface area contributed by atoms with Crippen LogP contribution in [0.25, 0.3) is 0 Å². The number of rotatable bonds is 3. The summed E-state index contributed by atoms with van der Waals surface area (Å²) in [6.07, 6.45) is 4.57. The minimum absolute atomic E-state index is 0.00101. The SMILES string of the molecule is CC(=O)N1CCC([NH+]2C[C@@H]3C[C@H](C2)c2c(NC(=O)c4ccco4)ccc(=O)n2C3)CC1. The van der Waals surface area contributed by atoms with Crippen LogP contribution in [0.15, 0.2) is 39.7 Å². The minimum Gasteiger partial charge on any atom is -0.459 e. The number of pyridine rings is 1. The van der Waals surface area contributed by atoms with Crippen molar-refractivity contribution in [2.75, 3.05) is 31.5 Å². The molecule has 5 rings (SSSR count). The number of furan rings is 1. The fourth-order valence-corrected chi connectivity index (χ4v) is 5.80. The van der Waals surface area contributed by atoms with Crippen LogP contribution in [0.4, 0.5) is 5.69 Å². The molecule has 0 saturated carbocycles. The molecule has 0 radical (unpaired) electrons. The van der Waals surface area contributed by atoms with E-state index in [0.29, 0.717) is 24.2 Å². The molecule has 2 fully saturated rings. The molecule has 2 aromatic rings. The Morgan fingerprint density at radius 2 is 1.97 bits per heavy atom. The van der Waals surface area contributed by atoms with Gasteiger partial charge in [0.15, 0.2) is 5.76 Å². The van der Waals surface area contributed by atoms with Gasteiger partial charge in [0.2, 0.25) is 5.91 Å². The van der Waals surface area contributed by atoms with Crippen molar-refractivity contribution >= 4 is 17.5 Å². The maximum Gasteiger partial charge on any atom is 0.291 e. The van der Waals surface area contributed by atoms with Gasteiger partial charge in [0.05, 0.1) is 42.7 Å². The summed E-state index contributed by atoms with van der Waals surface area (Å²) in [5, 5.41) is 2.97. The third-order valence-electron chi connectivity index (χ3n) is 7.24. The molecule has 3 aliphatic heterocycles. The lowest BCUT2D eigenvalue weighted by Gasteiger charge is -2.45. The molecule has 164 valence electrons. The molecule has 8 heteroatoms. The van der Waals surface area contributed by atoms with Gasteiger partial charge in [-0.15, -0.1) is 0 Å². The largest absolute Gasteiger partial charge is 0.459 e. The number of likely N-dealkylation sites (tertiary alicyclic amines) is 2. The number of hydrogen-bond donors (Lipinski definition) is 2. The third-order valence-corrected chi connectivity index (χ3v) is 7.24. The summed E-state index contributed by atoms with van der Waals surface area (Å²) in [5.74, 6) is 0.807. The number of carbonyl (C=O) groups is 2. The van der Waals surface area contributed by atoms with Gasteiger partial charge < -0.3 is 24.1 Å². The molecular formula is C23H29N4O4+. The van der Waals surface area contributed by atoms with Crippen molar-refractivity contribution in [3.05, 3.63) is 52.3 Å². The van der Waals surface area contributed by atoms with E-state index in [1.807, 2.05) is 9.47 Å². The lowest BCUT2D eigenvalue weighted by Crippen LogP contribution is -3.18. The van der Waals surface area contributed by atoms with Gasteiger partial charge in [-0.3, -0.25) is 14.4 Å². The molecule has 1 unspecified atom stereocenters. The van der Waals surface area contributed by atoms with Crippen LogP contribution in [0, 0.1) is 5.92 Å². The molecule has 3 aliphatic rings. The number of fused-ring (bicyclic) bond motifs is 4. The van der Waals surface area contributed by atoms with Gasteiger partial charge in [-0.05, 0) is 24.6 Å². The first-order valence-corrected chi connectivity index (χ1v) is 11.2. The smallest absolute Gasteiger partial charge is 0.291 e. The second kappa shape index (κ2) is 8.00. The molecule has 2 aromatic heterocycles. The van der Waals surface area contributed by atoms with E-state index in [1.165, 1.54) is 6.26 Å². The highest BCUT2D eigenvalue weighted by Gasteiger charge is 2.42. The van der Waals surface area contributed by atoms with Crippen molar-refractivity contribution in [3.8, 4) is 0 Å². The average Bonchev–Trinajstić information content (AvgIpc) is 3.31. The average molecular weight is 426 g/mol. The molecular weight excluding hydrogens is 396 g/mol. The summed E-state index contributed by atoms with van der Waals surface area (Å²) in [5.41, 5.74) is 1.65. The highest BCUT2D eigenvalue weighted by molar-refractivity contribution is 6.02. The molecule has 8 nitrogen and oxygen atoms in total. The lowest BCUT2D eigenvalue weighted by atomic mass is 9.81. The van der Waals surface area contributed by atoms with Crippen LogP contribution in [0.2, 0.25) is 0 Å². The highest BCUT2D eigenvalue weighted by atomic mass is 16.3. The van der Waals surface area contributed by atoms with Crippen LogP contribution in [-0.4, -0.2) is 53.5 Å². The van der Waals surface area contributed by atoms with Crippen LogP contribution in [-0.2, 0) is 11.3 Å². The summed E-state index contributed by atoms with van der Waals surface area (Å²) >= 11 is 0. The first kappa shape index (κ1) is 20.1. The zero-order chi connectivity index (χ0) is 21.5. The van der Waals surface area contributed by atoms with Crippen LogP contribution >= 0.6 is 0 Å². The zero-order valence-corrected chi connectivity index (χ0v) is 17.8. The third kappa shape index (κ3) is 3.80. The van der Waals surface area contributed by atoms with E-state index < -0.39 is 0 Å². The quantitative estimate of drug-likeness (QED) is 0.758. The van der Waals surface area contributed by atoms with Crippen LogP contribution in [0.3, 0.4) is 0 Å². The van der Waals surface area contributed by atoms with E-state index in [4.69, 9.17) is 4.42 Å². The predicted octanol–water partition coefficient (Wildman–Crippen LogP) is 0.707. The fourth-order valence-electron chi connectivity index (χ4n) is 5.80. The molecule has 3 atom stereocenters. The van der Waals surface area contributed by atoms with E-state index in [2.05, 4.69) is 5.32 Å². The number of amides is 2. The number of hydrogen-bond acceptors (Lipinski definition) is 4. The van der Waals surface area contributed by atoms with E-state index >= 15 is 0 Å². The van der Waals surface area contributed by atoms with E-state index in [1.54, 1.807) is 36.1 Å². The molecule has 2 N–H and O–H groups in total. The summed E-state index contributed by atoms with van der Waals surface area (Å²) < 4.78 is 7.09. The van der Waals surface area contributed by atoms with Crippen molar-refractivity contribution in [1.29, 1.82) is 0 Å². The monoisotopic (exact) mass is 425 g/mol. The second-order valence-electron chi connectivity index (χ2n) is 9.16. The molecule has 2 saturated heterocycles. The molecule has 31 heavy (non-hydrogen) atoms. The van der Waals surface area contributed by atoms with Gasteiger partial charge in [0, 0.05) is 51.4 Å². The molecule has 0 spiro atoms. The van der Waals surface area contributed by atoms with Gasteiger partial charge in [-0.2, -0.15) is 0 Å². The Balaban J connectivity index is 1.38. The second-order valence-corrected chi connectivity index (χ2v) is 9.16. The maximum atomic E-state index is 12.6. The molecule has 2 bridgehead atoms. The zero-order valence-electron chi connectivity index (χ0n) is 17.8. The maximum absolute atomic E-state index is 12.6. The van der Waals surface area contributed by atoms with E-state index in [-0.39, 0.29) is 29.1 Å². The number of nitrogens with one attached hydrogen (secondary N) is 2. The van der Waals surface area contributed by atoms with Gasteiger partial charge in [-0.25, -0.2) is 0 Å². The van der Waals surface area contributed by atoms with Crippen LogP contribution in [0.5, 0.6) is 0 Å². The Labute approximate surface area is 180 Å². The highest BCUT2D eigenvalue weighted by Crippen LogP contribution is 2.35. The Morgan fingerprint density at radius 1 is 1.16 bits per heavy atom. The summed E-state index contributed by atoms with van der Waals surface area (Å²) in [6, 6.07) is 7.14. The molecule has 2 amide bonds. The molecule has 0 aliphatic carbocycles. The van der Waals surface area contributed by atoms with Crippen molar-refractivity contribution in [2.45, 2.75) is 44.7 Å². The van der Waals surface area contributed by atoms with Gasteiger partial charge in [0.25, 0.3) is 11.5 Å². The van der Waals surface area contributed by atoms with Crippen molar-refractivity contribution in [2.24, 2.45) is 5.92 Å². The molecule has 0 aromatic carbocycles. The summed E-state index contributed by atoms with van der Waals surface area (Å²) in [7, 11) is 0. The minimum atomic E-state index is -0.301. The van der Waals surface area contributed by atoms with Gasteiger partial charge >= 0.3 is 0 Å². The van der Waals surface area contributed by atoms with Crippen molar-refractivity contribution < 1.29 is 18.9 Å². The Kier molecular flexibility index (Phi) is 5.17. The number of piperidine rings is 2. The lowest BCUT2D eigenvalue weighted by molar-refractivity contribution is -0.937. The fraction of sp³-hybridized carbons (Fsp3) is 0.522. The first-order valence-electron chi connectivity index (χ1n) is 11.2. The Bertz CT molecular complexity index is 1040. The number of quaternary nitrogens is 1. The van der Waals surface area contributed by atoms with Crippen molar-refractivity contribution in [3.63, 3.8) is 0 Å². The topological polar surface area (TPSA) is 89.0 Å². The number of nitrogens with zero attached hydrogens (tertiary/aromatic N) is 2. The normalized spacial score (nSPS) is 25.7. The Morgan fingerprint density at radius 3 is 2.68 bits per heavy atom. The first-order chi connectivity index (χ1) is 15.0. The van der Waals surface area contributed by atoms with E-state index in [9.17, 15) is 14.4 Å². The predicted molar refractivity (Wildman–Crippen MR) is 114 cm³/mol. The number of carbonyl (C=O) groups excluding carboxylic acids is 2. The van der Waals surface area contributed by atoms with Gasteiger partial charge in [-0.1, -0.05) is 0 Å². The Hall–Kier alpha value is -2.87.